The summed E-state index contributed by atoms with van der Waals surface area (Å²) in [6, 6.07) is 5.76. The van der Waals surface area contributed by atoms with E-state index in [9.17, 15) is 13.5 Å². The Balaban J connectivity index is 1.42. The lowest BCUT2D eigenvalue weighted by Crippen LogP contribution is -2.56. The van der Waals surface area contributed by atoms with Crippen molar-refractivity contribution < 1.29 is 13.5 Å². The van der Waals surface area contributed by atoms with Gasteiger partial charge in [-0.15, -0.1) is 11.3 Å². The fourth-order valence-electron chi connectivity index (χ4n) is 5.34. The molecule has 0 amide bonds. The molecule has 0 bridgehead atoms. The molecule has 2 aliphatic heterocycles. The molecule has 3 aromatic rings. The van der Waals surface area contributed by atoms with Gasteiger partial charge in [-0.1, -0.05) is 12.1 Å². The molecule has 1 spiro atoms. The topological polar surface area (TPSA) is 99.5 Å². The van der Waals surface area contributed by atoms with Crippen molar-refractivity contribution in [3.05, 3.63) is 52.7 Å². The Morgan fingerprint density at radius 2 is 2.09 bits per heavy atom. The van der Waals surface area contributed by atoms with E-state index < -0.39 is 15.6 Å². The summed E-state index contributed by atoms with van der Waals surface area (Å²) in [5, 5.41) is 10.6. The van der Waals surface area contributed by atoms with Crippen LogP contribution >= 0.6 is 11.3 Å². The number of aryl methyl sites for hydroxylation is 1. The van der Waals surface area contributed by atoms with Gasteiger partial charge in [0.05, 0.1) is 28.7 Å². The van der Waals surface area contributed by atoms with Crippen molar-refractivity contribution in [1.29, 1.82) is 0 Å². The number of likely N-dealkylation sites (tertiary alicyclic amines) is 1. The number of aromatic nitrogens is 3. The van der Waals surface area contributed by atoms with Crippen LogP contribution in [-0.4, -0.2) is 57.3 Å². The number of sulfonamides is 1. The standard InChI is InChI=1S/C23H27N5O3S2/c1-16-12-23(7-11-33(30,31)28(23)20-13-24-8-9-25-20)6-10-27(16)14-18-4-3-5-19(29)21(18)22-17(2)32-15-26-22/h3-5,8-9,13,15-16,29H,6-7,10-12,14H2,1-2H3/t16-,23-/m0/s1. The van der Waals surface area contributed by atoms with E-state index in [1.54, 1.807) is 39.6 Å². The van der Waals surface area contributed by atoms with Crippen molar-refractivity contribution in [3.8, 4) is 17.0 Å². The highest BCUT2D eigenvalue weighted by Gasteiger charge is 2.53. The van der Waals surface area contributed by atoms with Gasteiger partial charge in [0.2, 0.25) is 10.0 Å². The lowest BCUT2D eigenvalue weighted by Gasteiger charge is -2.47. The van der Waals surface area contributed by atoms with Gasteiger partial charge in [-0.25, -0.2) is 22.7 Å². The Morgan fingerprint density at radius 3 is 2.79 bits per heavy atom. The maximum atomic E-state index is 13.0. The molecule has 1 aromatic carbocycles. The molecule has 174 valence electrons. The quantitative estimate of drug-likeness (QED) is 0.603. The summed E-state index contributed by atoms with van der Waals surface area (Å²) in [7, 11) is -3.42. The van der Waals surface area contributed by atoms with E-state index in [0.717, 1.165) is 34.7 Å². The third kappa shape index (κ3) is 3.89. The average molecular weight is 486 g/mol. The second-order valence-corrected chi connectivity index (χ2v) is 12.0. The van der Waals surface area contributed by atoms with Gasteiger partial charge in [0, 0.05) is 42.0 Å². The fraction of sp³-hybridized carbons (Fsp3) is 0.435. The van der Waals surface area contributed by atoms with Gasteiger partial charge >= 0.3 is 0 Å². The zero-order valence-corrected chi connectivity index (χ0v) is 20.3. The first-order valence-electron chi connectivity index (χ1n) is 11.1. The van der Waals surface area contributed by atoms with Crippen LogP contribution in [-0.2, 0) is 16.6 Å². The van der Waals surface area contributed by atoms with E-state index in [1.807, 2.05) is 19.1 Å². The fourth-order valence-corrected chi connectivity index (χ4v) is 7.97. The molecule has 8 nitrogen and oxygen atoms in total. The first-order valence-corrected chi connectivity index (χ1v) is 13.5. The van der Waals surface area contributed by atoms with Crippen molar-refractivity contribution in [1.82, 2.24) is 19.9 Å². The summed E-state index contributed by atoms with van der Waals surface area (Å²) >= 11 is 1.56. The third-order valence-electron chi connectivity index (χ3n) is 6.94. The van der Waals surface area contributed by atoms with Crippen molar-refractivity contribution >= 4 is 27.2 Å². The number of rotatable bonds is 4. The lowest BCUT2D eigenvalue weighted by molar-refractivity contribution is 0.102. The minimum absolute atomic E-state index is 0.135. The van der Waals surface area contributed by atoms with Crippen molar-refractivity contribution in [3.63, 3.8) is 0 Å². The van der Waals surface area contributed by atoms with E-state index in [4.69, 9.17) is 0 Å². The Kier molecular flexibility index (Phi) is 5.62. The number of nitrogens with zero attached hydrogens (tertiary/aromatic N) is 5. The number of phenols is 1. The number of aromatic hydroxyl groups is 1. The van der Waals surface area contributed by atoms with Gasteiger partial charge < -0.3 is 5.11 Å². The monoisotopic (exact) mass is 485 g/mol. The summed E-state index contributed by atoms with van der Waals surface area (Å²) in [5.74, 6) is 0.777. The molecule has 2 saturated heterocycles. The highest BCUT2D eigenvalue weighted by atomic mass is 32.2. The predicted octanol–water partition coefficient (Wildman–Crippen LogP) is 3.58. The van der Waals surface area contributed by atoms with Crippen LogP contribution in [0.2, 0.25) is 0 Å². The largest absolute Gasteiger partial charge is 0.507 e. The van der Waals surface area contributed by atoms with E-state index in [1.165, 1.54) is 6.20 Å². The SMILES string of the molecule is Cc1scnc1-c1c(O)cccc1CN1CC[C@]2(CCS(=O)(=O)N2c2cnccn2)C[C@@H]1C. The van der Waals surface area contributed by atoms with Crippen LogP contribution < -0.4 is 4.31 Å². The molecule has 4 heterocycles. The second kappa shape index (κ2) is 8.34. The number of phenolic OH excluding ortho intramolecular Hbond substituents is 1. The lowest BCUT2D eigenvalue weighted by atomic mass is 9.81. The van der Waals surface area contributed by atoms with Crippen LogP contribution in [0.25, 0.3) is 11.3 Å². The predicted molar refractivity (Wildman–Crippen MR) is 129 cm³/mol. The molecule has 33 heavy (non-hydrogen) atoms. The maximum absolute atomic E-state index is 13.0. The number of piperidine rings is 1. The Labute approximate surface area is 198 Å². The zero-order valence-electron chi connectivity index (χ0n) is 18.7. The molecule has 2 fully saturated rings. The Bertz CT molecular complexity index is 1260. The van der Waals surface area contributed by atoms with E-state index in [-0.39, 0.29) is 17.5 Å². The molecule has 2 aliphatic rings. The van der Waals surface area contributed by atoms with E-state index in [2.05, 4.69) is 26.8 Å². The number of benzene rings is 1. The molecular formula is C23H27N5O3S2. The van der Waals surface area contributed by atoms with E-state index >= 15 is 0 Å². The summed E-state index contributed by atoms with van der Waals surface area (Å²) in [6.45, 7) is 5.57. The van der Waals surface area contributed by atoms with Gasteiger partial charge in [-0.2, -0.15) is 0 Å². The minimum atomic E-state index is -3.42. The van der Waals surface area contributed by atoms with Gasteiger partial charge in [-0.3, -0.25) is 9.88 Å². The molecule has 0 aliphatic carbocycles. The summed E-state index contributed by atoms with van der Waals surface area (Å²) < 4.78 is 27.5. The summed E-state index contributed by atoms with van der Waals surface area (Å²) in [6.07, 6.45) is 6.67. The third-order valence-corrected chi connectivity index (χ3v) is 9.55. The molecule has 2 aromatic heterocycles. The number of thiazole rings is 1. The van der Waals surface area contributed by atoms with Crippen molar-refractivity contribution in [2.45, 2.75) is 51.2 Å². The summed E-state index contributed by atoms with van der Waals surface area (Å²) in [4.78, 5) is 16.3. The van der Waals surface area contributed by atoms with E-state index in [0.29, 0.717) is 25.2 Å². The van der Waals surface area contributed by atoms with Gasteiger partial charge in [0.15, 0.2) is 5.82 Å². The molecule has 10 heteroatoms. The number of hydrogen-bond donors (Lipinski definition) is 1. The minimum Gasteiger partial charge on any atom is -0.507 e. The van der Waals surface area contributed by atoms with Crippen molar-refractivity contribution in [2.24, 2.45) is 0 Å². The van der Waals surface area contributed by atoms with Crippen LogP contribution in [0.15, 0.2) is 42.3 Å². The smallest absolute Gasteiger partial charge is 0.236 e. The zero-order chi connectivity index (χ0) is 23.2. The maximum Gasteiger partial charge on any atom is 0.236 e. The molecule has 1 N–H and O–H groups in total. The molecular weight excluding hydrogens is 458 g/mol. The summed E-state index contributed by atoms with van der Waals surface area (Å²) in [5.41, 5.74) is 3.96. The average Bonchev–Trinajstić information content (AvgIpc) is 3.31. The Morgan fingerprint density at radius 1 is 1.24 bits per heavy atom. The second-order valence-electron chi connectivity index (χ2n) is 8.96. The first kappa shape index (κ1) is 22.2. The molecule has 2 atom stereocenters. The van der Waals surface area contributed by atoms with Crippen LogP contribution in [0, 0.1) is 6.92 Å². The van der Waals surface area contributed by atoms with Crippen molar-refractivity contribution in [2.75, 3.05) is 16.6 Å². The van der Waals surface area contributed by atoms with Crippen LogP contribution in [0.5, 0.6) is 5.75 Å². The van der Waals surface area contributed by atoms with Crippen LogP contribution in [0.1, 0.15) is 36.6 Å². The molecule has 5 rings (SSSR count). The Hall–Kier alpha value is -2.56. The highest BCUT2D eigenvalue weighted by molar-refractivity contribution is 7.93. The van der Waals surface area contributed by atoms with Gasteiger partial charge in [0.25, 0.3) is 0 Å². The first-order chi connectivity index (χ1) is 15.8. The number of hydrogen-bond acceptors (Lipinski definition) is 8. The molecule has 0 saturated carbocycles. The molecule has 0 unspecified atom stereocenters. The van der Waals surface area contributed by atoms with Crippen LogP contribution in [0.3, 0.4) is 0 Å². The highest BCUT2D eigenvalue weighted by Crippen LogP contribution is 2.45. The van der Waals surface area contributed by atoms with Gasteiger partial charge in [-0.05, 0) is 44.7 Å². The van der Waals surface area contributed by atoms with Crippen LogP contribution in [0.4, 0.5) is 5.82 Å². The number of anilines is 1. The molecule has 0 radical (unpaired) electrons. The normalized spacial score (nSPS) is 25.0. The van der Waals surface area contributed by atoms with Gasteiger partial charge in [0.1, 0.15) is 5.75 Å².